The lowest BCUT2D eigenvalue weighted by Crippen LogP contribution is -2.35. The van der Waals surface area contributed by atoms with Gasteiger partial charge in [0.15, 0.2) is 5.79 Å². The first kappa shape index (κ1) is 10.0. The molecule has 2 atom stereocenters. The molecule has 1 aliphatic carbocycles. The molecule has 3 aliphatic rings. The van der Waals surface area contributed by atoms with E-state index in [1.165, 1.54) is 12.8 Å². The summed E-state index contributed by atoms with van der Waals surface area (Å²) in [4.78, 5) is 0. The Bertz CT molecular complexity index is 199. The molecule has 2 unspecified atom stereocenters. The highest BCUT2D eigenvalue weighted by Crippen LogP contribution is 2.35. The van der Waals surface area contributed by atoms with Crippen molar-refractivity contribution < 1.29 is 18.9 Å². The van der Waals surface area contributed by atoms with E-state index in [0.29, 0.717) is 25.4 Å². The van der Waals surface area contributed by atoms with Crippen LogP contribution in [-0.4, -0.2) is 44.4 Å². The average molecular weight is 214 g/mol. The highest BCUT2D eigenvalue weighted by Gasteiger charge is 2.39. The van der Waals surface area contributed by atoms with Crippen molar-refractivity contribution >= 4 is 0 Å². The predicted molar refractivity (Wildman–Crippen MR) is 52.6 cm³/mol. The Morgan fingerprint density at radius 1 is 0.933 bits per heavy atom. The molecule has 86 valence electrons. The van der Waals surface area contributed by atoms with Crippen LogP contribution in [0.15, 0.2) is 0 Å². The minimum absolute atomic E-state index is 0.322. The maximum absolute atomic E-state index is 5.89. The van der Waals surface area contributed by atoms with Gasteiger partial charge in [-0.25, -0.2) is 0 Å². The van der Waals surface area contributed by atoms with Crippen LogP contribution < -0.4 is 0 Å². The quantitative estimate of drug-likeness (QED) is 0.490. The fraction of sp³-hybridized carbons (Fsp3) is 1.00. The highest BCUT2D eigenvalue weighted by molar-refractivity contribution is 4.81. The van der Waals surface area contributed by atoms with Crippen LogP contribution in [-0.2, 0) is 18.9 Å². The van der Waals surface area contributed by atoms with E-state index in [9.17, 15) is 0 Å². The van der Waals surface area contributed by atoms with E-state index in [2.05, 4.69) is 0 Å². The average Bonchev–Trinajstić information content (AvgIpc) is 3.15. The fourth-order valence-corrected chi connectivity index (χ4v) is 2.06. The van der Waals surface area contributed by atoms with Crippen molar-refractivity contribution in [3.8, 4) is 0 Å². The van der Waals surface area contributed by atoms with E-state index in [1.54, 1.807) is 0 Å². The maximum atomic E-state index is 5.89. The largest absolute Gasteiger partial charge is 0.371 e. The maximum Gasteiger partial charge on any atom is 0.168 e. The topological polar surface area (TPSA) is 43.5 Å². The van der Waals surface area contributed by atoms with Gasteiger partial charge in [-0.3, -0.25) is 0 Å². The molecule has 1 saturated carbocycles. The zero-order valence-corrected chi connectivity index (χ0v) is 8.94. The Hall–Kier alpha value is -0.160. The van der Waals surface area contributed by atoms with Gasteiger partial charge in [0.1, 0.15) is 12.2 Å². The summed E-state index contributed by atoms with van der Waals surface area (Å²) in [5.74, 6) is -0.322. The molecule has 0 aromatic carbocycles. The van der Waals surface area contributed by atoms with Crippen LogP contribution >= 0.6 is 0 Å². The number of ether oxygens (including phenoxy) is 4. The summed E-state index contributed by atoms with van der Waals surface area (Å²) in [6.45, 7) is 3.07. The molecule has 0 bridgehead atoms. The Kier molecular flexibility index (Phi) is 2.68. The summed E-state index contributed by atoms with van der Waals surface area (Å²) < 4.78 is 22.1. The summed E-state index contributed by atoms with van der Waals surface area (Å²) in [6.07, 6.45) is 5.10. The first-order valence-electron chi connectivity index (χ1n) is 5.87. The smallest absolute Gasteiger partial charge is 0.168 e. The third kappa shape index (κ3) is 2.69. The molecule has 3 fully saturated rings. The number of rotatable bonds is 6. The zero-order valence-electron chi connectivity index (χ0n) is 8.94. The van der Waals surface area contributed by atoms with Crippen LogP contribution in [0.1, 0.15) is 25.7 Å². The molecule has 0 radical (unpaired) electrons. The lowest BCUT2D eigenvalue weighted by Gasteiger charge is -2.29. The molecular formula is C11H18O4. The number of hydrogen-bond acceptors (Lipinski definition) is 4. The fourth-order valence-electron chi connectivity index (χ4n) is 2.06. The predicted octanol–water partition coefficient (Wildman–Crippen LogP) is 1.09. The first-order chi connectivity index (χ1) is 7.36. The molecule has 0 spiro atoms. The Morgan fingerprint density at radius 3 is 1.80 bits per heavy atom. The molecule has 2 heterocycles. The minimum atomic E-state index is -0.322. The molecule has 0 aromatic heterocycles. The Balaban J connectivity index is 1.48. The van der Waals surface area contributed by atoms with Gasteiger partial charge < -0.3 is 18.9 Å². The monoisotopic (exact) mass is 214 g/mol. The molecule has 2 saturated heterocycles. The zero-order chi connectivity index (χ0) is 10.1. The van der Waals surface area contributed by atoms with Crippen molar-refractivity contribution in [2.75, 3.05) is 26.4 Å². The van der Waals surface area contributed by atoms with Crippen LogP contribution in [0.5, 0.6) is 0 Å². The van der Waals surface area contributed by atoms with Gasteiger partial charge >= 0.3 is 0 Å². The molecule has 2 aliphatic heterocycles. The first-order valence-corrected chi connectivity index (χ1v) is 5.87. The van der Waals surface area contributed by atoms with Gasteiger partial charge in [0.05, 0.1) is 26.4 Å². The second kappa shape index (κ2) is 4.01. The van der Waals surface area contributed by atoms with Gasteiger partial charge in [0, 0.05) is 12.8 Å². The summed E-state index contributed by atoms with van der Waals surface area (Å²) in [5, 5.41) is 0. The molecule has 4 nitrogen and oxygen atoms in total. The summed E-state index contributed by atoms with van der Waals surface area (Å²) >= 11 is 0. The molecule has 0 N–H and O–H groups in total. The Morgan fingerprint density at radius 2 is 1.40 bits per heavy atom. The summed E-state index contributed by atoms with van der Waals surface area (Å²) in [6, 6.07) is 0. The van der Waals surface area contributed by atoms with Gasteiger partial charge in [-0.15, -0.1) is 0 Å². The molecule has 4 heteroatoms. The van der Waals surface area contributed by atoms with Crippen LogP contribution in [0, 0.1) is 0 Å². The van der Waals surface area contributed by atoms with E-state index >= 15 is 0 Å². The van der Waals surface area contributed by atoms with Crippen LogP contribution in [0.4, 0.5) is 0 Å². The molecule has 15 heavy (non-hydrogen) atoms. The lowest BCUT2D eigenvalue weighted by atomic mass is 10.2. The Labute approximate surface area is 89.8 Å². The molecule has 3 rings (SSSR count). The van der Waals surface area contributed by atoms with Gasteiger partial charge in [-0.1, -0.05) is 0 Å². The van der Waals surface area contributed by atoms with Crippen molar-refractivity contribution in [3.63, 3.8) is 0 Å². The second-order valence-corrected chi connectivity index (χ2v) is 4.65. The van der Waals surface area contributed by atoms with Crippen LogP contribution in [0.2, 0.25) is 0 Å². The van der Waals surface area contributed by atoms with Gasteiger partial charge in [-0.2, -0.15) is 0 Å². The van der Waals surface area contributed by atoms with Crippen molar-refractivity contribution in [3.05, 3.63) is 0 Å². The van der Waals surface area contributed by atoms with Gasteiger partial charge in [-0.05, 0) is 12.8 Å². The van der Waals surface area contributed by atoms with Gasteiger partial charge in [0.2, 0.25) is 0 Å². The lowest BCUT2D eigenvalue weighted by molar-refractivity contribution is -0.235. The standard InChI is InChI=1S/C11H18O4/c1-2-4-11(3-1,14-7-9-5-12-9)15-8-10-6-13-10/h9-10H,1-8H2. The third-order valence-corrected chi connectivity index (χ3v) is 3.23. The second-order valence-electron chi connectivity index (χ2n) is 4.65. The van der Waals surface area contributed by atoms with E-state index < -0.39 is 0 Å². The molecular weight excluding hydrogens is 196 g/mol. The van der Waals surface area contributed by atoms with Crippen LogP contribution in [0.25, 0.3) is 0 Å². The third-order valence-electron chi connectivity index (χ3n) is 3.23. The van der Waals surface area contributed by atoms with Crippen molar-refractivity contribution in [2.24, 2.45) is 0 Å². The van der Waals surface area contributed by atoms with E-state index in [1.807, 2.05) is 0 Å². The van der Waals surface area contributed by atoms with Crippen LogP contribution in [0.3, 0.4) is 0 Å². The summed E-state index contributed by atoms with van der Waals surface area (Å²) in [5.41, 5.74) is 0. The molecule has 0 amide bonds. The number of hydrogen-bond donors (Lipinski definition) is 0. The van der Waals surface area contributed by atoms with Crippen molar-refractivity contribution in [1.29, 1.82) is 0 Å². The SMILES string of the molecule is C1CCC(OCC2CO2)(OCC2CO2)C1. The van der Waals surface area contributed by atoms with E-state index in [4.69, 9.17) is 18.9 Å². The summed E-state index contributed by atoms with van der Waals surface area (Å²) in [7, 11) is 0. The van der Waals surface area contributed by atoms with Gasteiger partial charge in [0.25, 0.3) is 0 Å². The minimum Gasteiger partial charge on any atom is -0.371 e. The normalized spacial score (nSPS) is 36.8. The van der Waals surface area contributed by atoms with E-state index in [-0.39, 0.29) is 5.79 Å². The molecule has 0 aromatic rings. The van der Waals surface area contributed by atoms with E-state index in [0.717, 1.165) is 26.1 Å². The highest BCUT2D eigenvalue weighted by atomic mass is 16.7. The number of epoxide rings is 2. The van der Waals surface area contributed by atoms with Crippen molar-refractivity contribution in [2.45, 2.75) is 43.7 Å². The van der Waals surface area contributed by atoms with Crippen molar-refractivity contribution in [1.82, 2.24) is 0 Å².